The number of carbonyl (C=O) groups is 3. The summed E-state index contributed by atoms with van der Waals surface area (Å²) in [5.41, 5.74) is 0.177. The zero-order valence-corrected chi connectivity index (χ0v) is 20.0. The molecule has 0 radical (unpaired) electrons. The van der Waals surface area contributed by atoms with E-state index in [1.54, 1.807) is 29.2 Å². The zero-order chi connectivity index (χ0) is 24.6. The number of hydrogen-bond donors (Lipinski definition) is 0. The largest absolute Gasteiger partial charge is 0.496 e. The second-order valence-corrected chi connectivity index (χ2v) is 9.94. The van der Waals surface area contributed by atoms with Crippen molar-refractivity contribution < 1.29 is 23.5 Å². The Morgan fingerprint density at radius 3 is 2.46 bits per heavy atom. The molecule has 0 spiro atoms. The third-order valence-electron chi connectivity index (χ3n) is 7.94. The predicted octanol–water partition coefficient (Wildman–Crippen LogP) is 4.53. The monoisotopic (exact) mass is 478 g/mol. The lowest BCUT2D eigenvalue weighted by Crippen LogP contribution is -2.46. The number of methoxy groups -OCH3 is 1. The van der Waals surface area contributed by atoms with Gasteiger partial charge in [0.2, 0.25) is 17.7 Å². The van der Waals surface area contributed by atoms with E-state index in [4.69, 9.17) is 4.74 Å². The lowest BCUT2D eigenvalue weighted by molar-refractivity contribution is -0.145. The Kier molecular flexibility index (Phi) is 6.34. The molecule has 3 aliphatic rings. The van der Waals surface area contributed by atoms with Crippen LogP contribution in [0.2, 0.25) is 0 Å². The van der Waals surface area contributed by atoms with Crippen LogP contribution in [0, 0.1) is 5.82 Å². The quantitative estimate of drug-likeness (QED) is 0.573. The van der Waals surface area contributed by atoms with Crippen LogP contribution in [0.5, 0.6) is 5.75 Å². The molecule has 1 saturated carbocycles. The predicted molar refractivity (Wildman–Crippen MR) is 128 cm³/mol. The number of likely N-dealkylation sites (tertiary alicyclic amines) is 2. The van der Waals surface area contributed by atoms with Crippen molar-refractivity contribution in [3.05, 3.63) is 65.5 Å². The molecular weight excluding hydrogens is 447 g/mol. The van der Waals surface area contributed by atoms with Gasteiger partial charge in [0.05, 0.1) is 18.6 Å². The maximum Gasteiger partial charge on any atom is 0.241 e. The van der Waals surface area contributed by atoms with Gasteiger partial charge >= 0.3 is 0 Å². The number of halogens is 1. The first-order valence-corrected chi connectivity index (χ1v) is 12.5. The molecule has 1 aliphatic carbocycles. The van der Waals surface area contributed by atoms with Crippen molar-refractivity contribution >= 4 is 17.7 Å². The van der Waals surface area contributed by atoms with Crippen molar-refractivity contribution in [1.29, 1.82) is 0 Å². The average Bonchev–Trinajstić information content (AvgIpc) is 3.60. The Balaban J connectivity index is 1.50. The highest BCUT2D eigenvalue weighted by atomic mass is 19.1. The maximum absolute atomic E-state index is 14.1. The highest BCUT2D eigenvalue weighted by Crippen LogP contribution is 2.47. The number of ether oxygens (including phenoxy) is 1. The molecule has 5 rings (SSSR count). The lowest BCUT2D eigenvalue weighted by atomic mass is 9.75. The number of para-hydroxylation sites is 1. The molecule has 2 atom stereocenters. The van der Waals surface area contributed by atoms with Crippen LogP contribution >= 0.6 is 0 Å². The molecule has 184 valence electrons. The second-order valence-electron chi connectivity index (χ2n) is 9.94. The van der Waals surface area contributed by atoms with Gasteiger partial charge in [0, 0.05) is 31.0 Å². The molecule has 2 aromatic rings. The fourth-order valence-electron chi connectivity index (χ4n) is 6.23. The van der Waals surface area contributed by atoms with Crippen molar-refractivity contribution in [3.63, 3.8) is 0 Å². The molecule has 35 heavy (non-hydrogen) atoms. The molecular formula is C28H31FN2O4. The number of rotatable bonds is 6. The molecule has 0 aromatic heterocycles. The van der Waals surface area contributed by atoms with Gasteiger partial charge in [-0.25, -0.2) is 4.39 Å². The topological polar surface area (TPSA) is 66.9 Å². The fraction of sp³-hybridized carbons (Fsp3) is 0.464. The van der Waals surface area contributed by atoms with Gasteiger partial charge in [0.15, 0.2) is 0 Å². The van der Waals surface area contributed by atoms with Crippen molar-refractivity contribution in [2.24, 2.45) is 0 Å². The minimum Gasteiger partial charge on any atom is -0.496 e. The Bertz CT molecular complexity index is 1130. The fourth-order valence-corrected chi connectivity index (χ4v) is 6.23. The Morgan fingerprint density at radius 2 is 1.74 bits per heavy atom. The van der Waals surface area contributed by atoms with Crippen LogP contribution in [0.1, 0.15) is 68.5 Å². The highest BCUT2D eigenvalue weighted by molar-refractivity contribution is 6.11. The van der Waals surface area contributed by atoms with Crippen LogP contribution < -0.4 is 4.74 Å². The standard InChI is InChI=1S/C28H31FN2O4/c1-35-24-11-5-4-9-22(24)28(18-26(33)31(27(28)34)21-7-2-3-8-21)17-25(32)30-16-6-10-23(30)19-12-14-20(29)15-13-19/h4-5,9,11-15,21,23H,2-3,6-8,10,16-18H2,1H3/t23-,28+/m0/s1. The van der Waals surface area contributed by atoms with E-state index in [1.165, 1.54) is 24.1 Å². The zero-order valence-electron chi connectivity index (χ0n) is 20.0. The number of hydrogen-bond acceptors (Lipinski definition) is 4. The van der Waals surface area contributed by atoms with E-state index in [0.717, 1.165) is 44.1 Å². The van der Waals surface area contributed by atoms with Crippen molar-refractivity contribution in [1.82, 2.24) is 9.80 Å². The van der Waals surface area contributed by atoms with Crippen LogP contribution in [-0.2, 0) is 19.8 Å². The maximum atomic E-state index is 14.1. The van der Waals surface area contributed by atoms with Gasteiger partial charge in [-0.15, -0.1) is 0 Å². The summed E-state index contributed by atoms with van der Waals surface area (Å²) in [6.45, 7) is 0.567. The summed E-state index contributed by atoms with van der Waals surface area (Å²) >= 11 is 0. The summed E-state index contributed by atoms with van der Waals surface area (Å²) in [6.07, 6.45) is 5.09. The third kappa shape index (κ3) is 4.11. The highest BCUT2D eigenvalue weighted by Gasteiger charge is 2.57. The molecule has 2 saturated heterocycles. The van der Waals surface area contributed by atoms with Crippen molar-refractivity contribution in [2.45, 2.75) is 68.9 Å². The summed E-state index contributed by atoms with van der Waals surface area (Å²) < 4.78 is 19.1. The normalized spacial score (nSPS) is 25.0. The Morgan fingerprint density at radius 1 is 1.03 bits per heavy atom. The van der Waals surface area contributed by atoms with Crippen LogP contribution in [0.15, 0.2) is 48.5 Å². The van der Waals surface area contributed by atoms with Crippen molar-refractivity contribution in [3.8, 4) is 5.75 Å². The lowest BCUT2D eigenvalue weighted by Gasteiger charge is -2.33. The number of amides is 3. The van der Waals surface area contributed by atoms with Gasteiger partial charge in [0.25, 0.3) is 0 Å². The van der Waals surface area contributed by atoms with Gasteiger partial charge in [-0.3, -0.25) is 19.3 Å². The van der Waals surface area contributed by atoms with Crippen LogP contribution in [0.4, 0.5) is 4.39 Å². The SMILES string of the molecule is COc1ccccc1[C@@]1(CC(=O)N2CCC[C@H]2c2ccc(F)cc2)CC(=O)N(C2CCCC2)C1=O. The summed E-state index contributed by atoms with van der Waals surface area (Å²) in [5.74, 6) is -0.480. The molecule has 0 bridgehead atoms. The molecule has 3 fully saturated rings. The van der Waals surface area contributed by atoms with E-state index >= 15 is 0 Å². The Labute approximate surface area is 205 Å². The summed E-state index contributed by atoms with van der Waals surface area (Å²) in [7, 11) is 1.54. The molecule has 0 N–H and O–H groups in total. The average molecular weight is 479 g/mol. The van der Waals surface area contributed by atoms with E-state index in [1.807, 2.05) is 12.1 Å². The second kappa shape index (κ2) is 9.44. The van der Waals surface area contributed by atoms with E-state index in [9.17, 15) is 18.8 Å². The third-order valence-corrected chi connectivity index (χ3v) is 7.94. The van der Waals surface area contributed by atoms with Crippen molar-refractivity contribution in [2.75, 3.05) is 13.7 Å². The minimum atomic E-state index is -1.29. The molecule has 0 unspecified atom stereocenters. The smallest absolute Gasteiger partial charge is 0.241 e. The first-order chi connectivity index (χ1) is 16.9. The number of carbonyl (C=O) groups excluding carboxylic acids is 3. The molecule has 6 nitrogen and oxygen atoms in total. The molecule has 2 aliphatic heterocycles. The van der Waals surface area contributed by atoms with E-state index in [2.05, 4.69) is 0 Å². The van der Waals surface area contributed by atoms with Gasteiger partial charge in [-0.1, -0.05) is 43.2 Å². The molecule has 3 amide bonds. The molecule has 7 heteroatoms. The first kappa shape index (κ1) is 23.5. The molecule has 2 aromatic carbocycles. The van der Waals surface area contributed by atoms with E-state index < -0.39 is 5.41 Å². The van der Waals surface area contributed by atoms with E-state index in [-0.39, 0.29) is 48.5 Å². The van der Waals surface area contributed by atoms with Crippen LogP contribution in [0.25, 0.3) is 0 Å². The number of benzene rings is 2. The summed E-state index contributed by atoms with van der Waals surface area (Å²) in [4.78, 5) is 44.4. The molecule has 2 heterocycles. The summed E-state index contributed by atoms with van der Waals surface area (Å²) in [5, 5.41) is 0. The van der Waals surface area contributed by atoms with Gasteiger partial charge in [-0.2, -0.15) is 0 Å². The van der Waals surface area contributed by atoms with Gasteiger partial charge in [-0.05, 0) is 49.4 Å². The number of nitrogens with zero attached hydrogens (tertiary/aromatic N) is 2. The first-order valence-electron chi connectivity index (χ1n) is 12.5. The minimum absolute atomic E-state index is 0.0382. The summed E-state index contributed by atoms with van der Waals surface area (Å²) in [6, 6.07) is 13.2. The van der Waals surface area contributed by atoms with Gasteiger partial charge < -0.3 is 9.64 Å². The van der Waals surface area contributed by atoms with Crippen LogP contribution in [-0.4, -0.2) is 47.2 Å². The number of imide groups is 1. The van der Waals surface area contributed by atoms with Crippen LogP contribution in [0.3, 0.4) is 0 Å². The van der Waals surface area contributed by atoms with Gasteiger partial charge in [0.1, 0.15) is 11.6 Å². The van der Waals surface area contributed by atoms with E-state index in [0.29, 0.717) is 17.9 Å². The Hall–Kier alpha value is -3.22.